The maximum Gasteiger partial charge on any atom is 0.123 e. The lowest BCUT2D eigenvalue weighted by molar-refractivity contribution is 0.627. The van der Waals surface area contributed by atoms with Crippen molar-refractivity contribution < 1.29 is 8.78 Å². The van der Waals surface area contributed by atoms with Gasteiger partial charge in [0.2, 0.25) is 0 Å². The zero-order valence-corrected chi connectivity index (χ0v) is 31.4. The van der Waals surface area contributed by atoms with Crippen LogP contribution in [-0.2, 0) is 0 Å². The lowest BCUT2D eigenvalue weighted by Crippen LogP contribution is -2.09. The van der Waals surface area contributed by atoms with Crippen molar-refractivity contribution in [1.29, 1.82) is 0 Å². The fourth-order valence-electron chi connectivity index (χ4n) is 8.01. The number of benzene rings is 9. The highest BCUT2D eigenvalue weighted by molar-refractivity contribution is 6.11. The minimum atomic E-state index is -0.254. The summed E-state index contributed by atoms with van der Waals surface area (Å²) in [5.74, 6) is -0.509. The molecule has 4 heteroatoms. The standard InChI is InChI=1S/C54H36F2N2/c55-45-23-11-38(12-24-45)40-15-27-48(28-16-40)57(49-29-17-41(18-30-49)39-13-25-46(56)26-14-39)50-31-19-42(20-32-50)43-22-34-53-52(35-43)51-33-21-44(37-7-3-1-4-8-37)36-54(51)58(53)47-9-5-2-6-10-47/h1-36H. The molecule has 10 aromatic rings. The SMILES string of the molecule is Fc1ccc(-c2ccc(N(c3ccc(-c4ccc(F)cc4)cc3)c3ccc(-c4ccc5c(c4)c4ccc(-c6ccccc6)cc4n5-c4ccccc4)cc3)cc2)cc1. The van der Waals surface area contributed by atoms with Gasteiger partial charge in [0.05, 0.1) is 11.0 Å². The highest BCUT2D eigenvalue weighted by Gasteiger charge is 2.17. The van der Waals surface area contributed by atoms with Gasteiger partial charge in [-0.05, 0) is 136 Å². The minimum absolute atomic E-state index is 0.254. The lowest BCUT2D eigenvalue weighted by atomic mass is 10.0. The summed E-state index contributed by atoms with van der Waals surface area (Å²) < 4.78 is 29.7. The number of para-hydroxylation sites is 1. The second-order valence-corrected chi connectivity index (χ2v) is 14.5. The Morgan fingerprint density at radius 1 is 0.293 bits per heavy atom. The van der Waals surface area contributed by atoms with Gasteiger partial charge < -0.3 is 9.47 Å². The topological polar surface area (TPSA) is 8.17 Å². The molecule has 0 aliphatic carbocycles. The molecule has 0 saturated heterocycles. The van der Waals surface area contributed by atoms with Gasteiger partial charge in [0.15, 0.2) is 0 Å². The third-order valence-electron chi connectivity index (χ3n) is 11.0. The zero-order valence-electron chi connectivity index (χ0n) is 31.4. The molecule has 0 aliphatic heterocycles. The summed E-state index contributed by atoms with van der Waals surface area (Å²) in [5, 5.41) is 2.40. The molecule has 2 nitrogen and oxygen atoms in total. The average Bonchev–Trinajstić information content (AvgIpc) is 3.61. The van der Waals surface area contributed by atoms with Crippen molar-refractivity contribution in [3.05, 3.63) is 230 Å². The number of aromatic nitrogens is 1. The van der Waals surface area contributed by atoms with E-state index in [4.69, 9.17) is 0 Å². The number of anilines is 3. The second-order valence-electron chi connectivity index (χ2n) is 14.5. The second kappa shape index (κ2) is 14.8. The molecule has 0 unspecified atom stereocenters. The Bertz CT molecular complexity index is 2920. The molecule has 0 atom stereocenters. The quantitative estimate of drug-likeness (QED) is 0.150. The van der Waals surface area contributed by atoms with Crippen molar-refractivity contribution in [2.45, 2.75) is 0 Å². The molecule has 0 N–H and O–H groups in total. The van der Waals surface area contributed by atoms with E-state index < -0.39 is 0 Å². The summed E-state index contributed by atoms with van der Waals surface area (Å²) in [6.45, 7) is 0. The Labute approximate surface area is 336 Å². The summed E-state index contributed by atoms with van der Waals surface area (Å²) >= 11 is 0. The summed E-state index contributed by atoms with van der Waals surface area (Å²) in [6.07, 6.45) is 0. The van der Waals surface area contributed by atoms with E-state index in [9.17, 15) is 8.78 Å². The van der Waals surface area contributed by atoms with Crippen LogP contribution >= 0.6 is 0 Å². The Morgan fingerprint density at radius 2 is 0.672 bits per heavy atom. The van der Waals surface area contributed by atoms with E-state index in [0.29, 0.717) is 0 Å². The summed E-state index contributed by atoms with van der Waals surface area (Å²) in [7, 11) is 0. The Kier molecular flexibility index (Phi) is 8.92. The van der Waals surface area contributed by atoms with Crippen LogP contribution in [0.15, 0.2) is 218 Å². The number of rotatable bonds is 8. The third-order valence-corrected chi connectivity index (χ3v) is 11.0. The first kappa shape index (κ1) is 34.9. The molecule has 0 aliphatic rings. The van der Waals surface area contributed by atoms with Crippen LogP contribution in [0, 0.1) is 11.6 Å². The smallest absolute Gasteiger partial charge is 0.123 e. The van der Waals surface area contributed by atoms with Crippen molar-refractivity contribution in [3.8, 4) is 50.2 Å². The molecule has 9 aromatic carbocycles. The molecule has 0 bridgehead atoms. The van der Waals surface area contributed by atoms with E-state index in [1.54, 1.807) is 24.3 Å². The predicted molar refractivity (Wildman–Crippen MR) is 237 cm³/mol. The monoisotopic (exact) mass is 750 g/mol. The van der Waals surface area contributed by atoms with Crippen molar-refractivity contribution in [1.82, 2.24) is 4.57 Å². The number of hydrogen-bond acceptors (Lipinski definition) is 1. The van der Waals surface area contributed by atoms with E-state index in [-0.39, 0.29) is 11.6 Å². The molecule has 0 amide bonds. The third kappa shape index (κ3) is 6.61. The fourth-order valence-corrected chi connectivity index (χ4v) is 8.01. The summed E-state index contributed by atoms with van der Waals surface area (Å²) in [4.78, 5) is 2.23. The highest BCUT2D eigenvalue weighted by Crippen LogP contribution is 2.40. The molecule has 0 saturated carbocycles. The molecule has 58 heavy (non-hydrogen) atoms. The maximum atomic E-state index is 13.7. The molecule has 0 fully saturated rings. The Morgan fingerprint density at radius 3 is 1.17 bits per heavy atom. The highest BCUT2D eigenvalue weighted by atomic mass is 19.1. The molecular weight excluding hydrogens is 715 g/mol. The van der Waals surface area contributed by atoms with Crippen LogP contribution in [0.3, 0.4) is 0 Å². The Balaban J connectivity index is 1.04. The van der Waals surface area contributed by atoms with E-state index in [2.05, 4.69) is 179 Å². The van der Waals surface area contributed by atoms with Gasteiger partial charge in [-0.15, -0.1) is 0 Å². The van der Waals surface area contributed by atoms with Gasteiger partial charge >= 0.3 is 0 Å². The van der Waals surface area contributed by atoms with Gasteiger partial charge in [-0.2, -0.15) is 0 Å². The Hall–Kier alpha value is -7.56. The molecule has 276 valence electrons. The average molecular weight is 751 g/mol. The largest absolute Gasteiger partial charge is 0.311 e. The normalized spacial score (nSPS) is 11.3. The van der Waals surface area contributed by atoms with Gasteiger partial charge in [-0.1, -0.05) is 127 Å². The van der Waals surface area contributed by atoms with Gasteiger partial charge in [0.25, 0.3) is 0 Å². The van der Waals surface area contributed by atoms with Crippen LogP contribution in [0.4, 0.5) is 25.8 Å². The van der Waals surface area contributed by atoms with E-state index >= 15 is 0 Å². The predicted octanol–water partition coefficient (Wildman–Crippen LogP) is 15.2. The molecule has 1 aromatic heterocycles. The van der Waals surface area contributed by atoms with Crippen LogP contribution in [0.2, 0.25) is 0 Å². The molecule has 10 rings (SSSR count). The van der Waals surface area contributed by atoms with Crippen LogP contribution in [0.25, 0.3) is 72.0 Å². The number of hydrogen-bond donors (Lipinski definition) is 0. The molecule has 0 spiro atoms. The summed E-state index contributed by atoms with van der Waals surface area (Å²) in [5.41, 5.74) is 15.0. The van der Waals surface area contributed by atoms with Crippen LogP contribution in [-0.4, -0.2) is 4.57 Å². The number of fused-ring (bicyclic) bond motifs is 3. The first-order valence-electron chi connectivity index (χ1n) is 19.4. The molecule has 1 heterocycles. The van der Waals surface area contributed by atoms with E-state index in [0.717, 1.165) is 61.6 Å². The van der Waals surface area contributed by atoms with Gasteiger partial charge in [0.1, 0.15) is 11.6 Å². The fraction of sp³-hybridized carbons (Fsp3) is 0. The van der Waals surface area contributed by atoms with Crippen LogP contribution < -0.4 is 4.90 Å². The number of nitrogens with zero attached hydrogens (tertiary/aromatic N) is 2. The van der Waals surface area contributed by atoms with Gasteiger partial charge in [-0.3, -0.25) is 0 Å². The first-order chi connectivity index (χ1) is 28.6. The molecule has 0 radical (unpaired) electrons. The van der Waals surface area contributed by atoms with E-state index in [1.165, 1.54) is 51.7 Å². The van der Waals surface area contributed by atoms with Crippen molar-refractivity contribution in [3.63, 3.8) is 0 Å². The van der Waals surface area contributed by atoms with Gasteiger partial charge in [-0.25, -0.2) is 8.78 Å². The maximum absolute atomic E-state index is 13.7. The van der Waals surface area contributed by atoms with Crippen molar-refractivity contribution in [2.24, 2.45) is 0 Å². The van der Waals surface area contributed by atoms with Crippen molar-refractivity contribution >= 4 is 38.9 Å². The minimum Gasteiger partial charge on any atom is -0.311 e. The van der Waals surface area contributed by atoms with Crippen LogP contribution in [0.5, 0.6) is 0 Å². The molecular formula is C54H36F2N2. The van der Waals surface area contributed by atoms with Crippen LogP contribution in [0.1, 0.15) is 0 Å². The first-order valence-corrected chi connectivity index (χ1v) is 19.4. The van der Waals surface area contributed by atoms with Crippen molar-refractivity contribution in [2.75, 3.05) is 4.90 Å². The summed E-state index contributed by atoms with van der Waals surface area (Å²) in [6, 6.07) is 73.2. The van der Waals surface area contributed by atoms with Gasteiger partial charge in [0, 0.05) is 33.5 Å². The van der Waals surface area contributed by atoms with E-state index in [1.807, 2.05) is 0 Å². The number of halogens is 2. The zero-order chi connectivity index (χ0) is 39.0. The lowest BCUT2D eigenvalue weighted by Gasteiger charge is -2.26.